The van der Waals surface area contributed by atoms with Gasteiger partial charge in [0.15, 0.2) is 5.82 Å². The Morgan fingerprint density at radius 3 is 2.93 bits per heavy atom. The Hall–Kier alpha value is -0.320. The van der Waals surface area contributed by atoms with Crippen molar-refractivity contribution in [3.63, 3.8) is 0 Å². The predicted molar refractivity (Wildman–Crippen MR) is 54.2 cm³/mol. The van der Waals surface area contributed by atoms with Crippen molar-refractivity contribution < 1.29 is 14.2 Å². The molecule has 14 heavy (non-hydrogen) atoms. The molecule has 0 aliphatic carbocycles. The van der Waals surface area contributed by atoms with E-state index in [9.17, 15) is 9.50 Å². The molecular weight excluding hydrogens is 274 g/mol. The average molecular weight is 282 g/mol. The van der Waals surface area contributed by atoms with Crippen molar-refractivity contribution in [2.45, 2.75) is 19.1 Å². The van der Waals surface area contributed by atoms with Gasteiger partial charge in [-0.25, -0.2) is 4.39 Å². The van der Waals surface area contributed by atoms with E-state index in [0.29, 0.717) is 10.2 Å². The summed E-state index contributed by atoms with van der Waals surface area (Å²) >= 11 is 8.84. The first kappa shape index (κ1) is 10.2. The van der Waals surface area contributed by atoms with Crippen LogP contribution in [-0.2, 0) is 0 Å². The second-order valence-electron chi connectivity index (χ2n) is 3.16. The van der Waals surface area contributed by atoms with Crippen LogP contribution in [0, 0.1) is 5.82 Å². The molecule has 2 atom stereocenters. The smallest absolute Gasteiger partial charge is 0.151 e. The Bertz CT molecular complexity index is 397. The molecule has 0 saturated carbocycles. The third-order valence-electron chi connectivity index (χ3n) is 2.21. The zero-order valence-electron chi connectivity index (χ0n) is 7.22. The first-order chi connectivity index (χ1) is 6.52. The highest BCUT2D eigenvalue weighted by Gasteiger charge is 2.35. The summed E-state index contributed by atoms with van der Waals surface area (Å²) in [6.45, 7) is 1.67. The summed E-state index contributed by atoms with van der Waals surface area (Å²) in [5, 5.41) is 9.61. The molecule has 0 aromatic heterocycles. The quantitative estimate of drug-likeness (QED) is 0.741. The van der Waals surface area contributed by atoms with Crippen LogP contribution in [0.1, 0.15) is 18.6 Å². The zero-order valence-corrected chi connectivity index (χ0v) is 9.56. The lowest BCUT2D eigenvalue weighted by Gasteiger charge is -2.06. The van der Waals surface area contributed by atoms with Crippen molar-refractivity contribution >= 4 is 27.5 Å². The lowest BCUT2D eigenvalue weighted by molar-refractivity contribution is 0.0779. The lowest BCUT2D eigenvalue weighted by Crippen LogP contribution is -2.13. The molecule has 1 aliphatic heterocycles. The van der Waals surface area contributed by atoms with Crippen molar-refractivity contribution in [3.05, 3.63) is 26.9 Å². The van der Waals surface area contributed by atoms with Crippen LogP contribution in [0.15, 0.2) is 10.5 Å². The van der Waals surface area contributed by atoms with Gasteiger partial charge in [0.2, 0.25) is 0 Å². The highest BCUT2D eigenvalue weighted by molar-refractivity contribution is 9.10. The monoisotopic (exact) mass is 280 g/mol. The van der Waals surface area contributed by atoms with Crippen molar-refractivity contribution in [1.82, 2.24) is 0 Å². The Morgan fingerprint density at radius 2 is 2.29 bits per heavy atom. The van der Waals surface area contributed by atoms with E-state index in [-0.39, 0.29) is 10.6 Å². The van der Waals surface area contributed by atoms with Gasteiger partial charge in [0, 0.05) is 0 Å². The minimum atomic E-state index is -0.958. The maximum Gasteiger partial charge on any atom is 0.151 e. The van der Waals surface area contributed by atoms with Gasteiger partial charge in [-0.2, -0.15) is 0 Å². The van der Waals surface area contributed by atoms with Crippen molar-refractivity contribution in [1.29, 1.82) is 0 Å². The summed E-state index contributed by atoms with van der Waals surface area (Å²) in [5.74, 6) is -0.270. The molecular formula is C9H7BrClFO2. The van der Waals surface area contributed by atoms with Gasteiger partial charge in [0.1, 0.15) is 18.0 Å². The van der Waals surface area contributed by atoms with Crippen LogP contribution in [0.3, 0.4) is 0 Å². The summed E-state index contributed by atoms with van der Waals surface area (Å²) in [7, 11) is 0. The van der Waals surface area contributed by atoms with Crippen LogP contribution in [0.2, 0.25) is 5.02 Å². The van der Waals surface area contributed by atoms with E-state index in [4.69, 9.17) is 16.3 Å². The highest BCUT2D eigenvalue weighted by atomic mass is 79.9. The molecule has 0 spiro atoms. The highest BCUT2D eigenvalue weighted by Crippen LogP contribution is 2.45. The van der Waals surface area contributed by atoms with Gasteiger partial charge in [-0.1, -0.05) is 11.6 Å². The van der Waals surface area contributed by atoms with Crippen molar-refractivity contribution in [2.24, 2.45) is 0 Å². The second-order valence-corrected chi connectivity index (χ2v) is 4.43. The minimum Gasteiger partial charge on any atom is -0.486 e. The number of hydrogen-bond acceptors (Lipinski definition) is 2. The maximum atomic E-state index is 13.5. The number of halogens is 3. The van der Waals surface area contributed by atoms with Gasteiger partial charge in [0.05, 0.1) is 15.1 Å². The summed E-state index contributed by atoms with van der Waals surface area (Å²) in [6.07, 6.45) is -1.41. The minimum absolute atomic E-state index is 0.0209. The van der Waals surface area contributed by atoms with Crippen LogP contribution in [0.5, 0.6) is 5.75 Å². The number of ether oxygens (including phenoxy) is 1. The van der Waals surface area contributed by atoms with Crippen LogP contribution in [0.4, 0.5) is 4.39 Å². The van der Waals surface area contributed by atoms with E-state index in [1.165, 1.54) is 6.07 Å². The Balaban J connectivity index is 2.67. The molecule has 0 amide bonds. The van der Waals surface area contributed by atoms with E-state index in [1.807, 2.05) is 0 Å². The SMILES string of the molecule is CC1Oc2c(Br)cc(Cl)c(F)c2C1O. The van der Waals surface area contributed by atoms with Crippen molar-refractivity contribution in [3.8, 4) is 5.75 Å². The van der Waals surface area contributed by atoms with Crippen LogP contribution >= 0.6 is 27.5 Å². The molecule has 1 aromatic rings. The number of benzene rings is 1. The number of aliphatic hydroxyl groups excluding tert-OH is 1. The fourth-order valence-electron chi connectivity index (χ4n) is 1.47. The molecule has 76 valence electrons. The molecule has 2 nitrogen and oxygen atoms in total. The maximum absolute atomic E-state index is 13.5. The average Bonchev–Trinajstić information content (AvgIpc) is 2.41. The van der Waals surface area contributed by atoms with Gasteiger partial charge in [-0.05, 0) is 28.9 Å². The third-order valence-corrected chi connectivity index (χ3v) is 3.07. The Labute approximate surface area is 93.8 Å². The second kappa shape index (κ2) is 3.36. The van der Waals surface area contributed by atoms with E-state index >= 15 is 0 Å². The van der Waals surface area contributed by atoms with Crippen LogP contribution in [-0.4, -0.2) is 11.2 Å². The topological polar surface area (TPSA) is 29.5 Å². The van der Waals surface area contributed by atoms with Crippen LogP contribution < -0.4 is 4.74 Å². The van der Waals surface area contributed by atoms with Crippen LogP contribution in [0.25, 0.3) is 0 Å². The summed E-state index contributed by atoms with van der Waals surface area (Å²) < 4.78 is 19.4. The fourth-order valence-corrected chi connectivity index (χ4v) is 2.34. The summed E-state index contributed by atoms with van der Waals surface area (Å²) in [4.78, 5) is 0. The molecule has 0 bridgehead atoms. The number of fused-ring (bicyclic) bond motifs is 1. The molecule has 1 aromatic carbocycles. The molecule has 2 rings (SSSR count). The van der Waals surface area contributed by atoms with E-state index < -0.39 is 18.0 Å². The Kier molecular flexibility index (Phi) is 2.45. The summed E-state index contributed by atoms with van der Waals surface area (Å²) in [6, 6.07) is 1.42. The van der Waals surface area contributed by atoms with Gasteiger partial charge in [-0.15, -0.1) is 0 Å². The fraction of sp³-hybridized carbons (Fsp3) is 0.333. The zero-order chi connectivity index (χ0) is 10.5. The Morgan fingerprint density at radius 1 is 1.64 bits per heavy atom. The predicted octanol–water partition coefficient (Wildman–Crippen LogP) is 3.06. The van der Waals surface area contributed by atoms with Crippen molar-refractivity contribution in [2.75, 3.05) is 0 Å². The molecule has 0 fully saturated rings. The van der Waals surface area contributed by atoms with E-state index in [1.54, 1.807) is 6.92 Å². The van der Waals surface area contributed by atoms with Gasteiger partial charge < -0.3 is 9.84 Å². The first-order valence-electron chi connectivity index (χ1n) is 4.04. The molecule has 0 saturated heterocycles. The normalized spacial score (nSPS) is 24.6. The lowest BCUT2D eigenvalue weighted by atomic mass is 10.1. The van der Waals surface area contributed by atoms with E-state index in [0.717, 1.165) is 0 Å². The van der Waals surface area contributed by atoms with Gasteiger partial charge >= 0.3 is 0 Å². The van der Waals surface area contributed by atoms with E-state index in [2.05, 4.69) is 15.9 Å². The molecule has 1 heterocycles. The van der Waals surface area contributed by atoms with Gasteiger partial charge in [-0.3, -0.25) is 0 Å². The first-order valence-corrected chi connectivity index (χ1v) is 5.21. The molecule has 1 N–H and O–H groups in total. The third kappa shape index (κ3) is 1.33. The van der Waals surface area contributed by atoms with Gasteiger partial charge in [0.25, 0.3) is 0 Å². The number of hydrogen-bond donors (Lipinski definition) is 1. The molecule has 5 heteroatoms. The summed E-state index contributed by atoms with van der Waals surface area (Å²) in [5.41, 5.74) is 0.136. The molecule has 1 aliphatic rings. The molecule has 0 radical (unpaired) electrons. The standard InChI is InChI=1S/C9H7BrClFO2/c1-3-8(13)6-7(12)5(11)2-4(10)9(6)14-3/h2-3,8,13H,1H3. The number of aliphatic hydroxyl groups is 1. The largest absolute Gasteiger partial charge is 0.486 e. The molecule has 2 unspecified atom stereocenters. The number of rotatable bonds is 0.